The van der Waals surface area contributed by atoms with E-state index in [-0.39, 0.29) is 5.78 Å². The molecule has 0 N–H and O–H groups in total. The van der Waals surface area contributed by atoms with Gasteiger partial charge in [0.1, 0.15) is 0 Å². The zero-order valence-electron chi connectivity index (χ0n) is 12.1. The van der Waals surface area contributed by atoms with Crippen LogP contribution in [0.1, 0.15) is 21.5 Å². The van der Waals surface area contributed by atoms with Crippen LogP contribution in [0.4, 0.5) is 0 Å². The number of carbonyl (C=O) groups is 1. The van der Waals surface area contributed by atoms with Crippen molar-refractivity contribution in [1.29, 1.82) is 0 Å². The Kier molecular flexibility index (Phi) is 2.98. The number of benzene rings is 2. The molecule has 0 aromatic heterocycles. The molecule has 2 aromatic rings. The minimum Gasteiger partial charge on any atom is -0.289 e. The highest BCUT2D eigenvalue weighted by Gasteiger charge is 2.37. The predicted octanol–water partition coefficient (Wildman–Crippen LogP) is 4.56. The molecule has 0 saturated heterocycles. The van der Waals surface area contributed by atoms with Crippen LogP contribution in [0, 0.1) is 0 Å². The molecule has 2 aromatic carbocycles. The zero-order valence-corrected chi connectivity index (χ0v) is 13.1. The van der Waals surface area contributed by atoms with Gasteiger partial charge in [0.25, 0.3) is 0 Å². The number of allylic oxidation sites excluding steroid dienone is 1. The van der Waals surface area contributed by atoms with E-state index in [1.54, 1.807) is 0 Å². The van der Waals surface area contributed by atoms with Crippen molar-refractivity contribution in [3.05, 3.63) is 76.5 Å². The molecular weight excluding hydrogens is 260 g/mol. The minimum absolute atomic E-state index is 0.235. The van der Waals surface area contributed by atoms with Gasteiger partial charge in [0.2, 0.25) is 0 Å². The third-order valence-corrected chi connectivity index (χ3v) is 5.71. The van der Waals surface area contributed by atoms with Gasteiger partial charge in [-0.05, 0) is 21.9 Å². The molecule has 0 heterocycles. The second-order valence-corrected chi connectivity index (χ2v) is 11.2. The van der Waals surface area contributed by atoms with Gasteiger partial charge in [0.15, 0.2) is 5.78 Å². The zero-order chi connectivity index (χ0) is 14.3. The maximum Gasteiger partial charge on any atom is 0.186 e. The maximum atomic E-state index is 12.8. The lowest BCUT2D eigenvalue weighted by Gasteiger charge is -2.19. The molecule has 2 heteroatoms. The second kappa shape index (κ2) is 4.56. The number of Topliss-reactive ketones (excluding diaryl/α,β-unsaturated/α-hetero) is 1. The molecule has 20 heavy (non-hydrogen) atoms. The molecule has 0 saturated carbocycles. The van der Waals surface area contributed by atoms with Crippen LogP contribution < -0.4 is 0 Å². The van der Waals surface area contributed by atoms with E-state index in [1.165, 1.54) is 0 Å². The van der Waals surface area contributed by atoms with Crippen molar-refractivity contribution in [2.24, 2.45) is 0 Å². The molecule has 0 amide bonds. The van der Waals surface area contributed by atoms with Crippen LogP contribution in [0.5, 0.6) is 0 Å². The van der Waals surface area contributed by atoms with E-state index in [9.17, 15) is 4.79 Å². The molecule has 1 aliphatic rings. The molecule has 0 bridgehead atoms. The standard InChI is InChI=1S/C18H18OSi/c1-20(2,3)18-16(13-9-5-4-6-10-13)14-11-7-8-12-15(14)17(18)19/h4-12H,1-3H3. The van der Waals surface area contributed by atoms with Crippen LogP contribution in [0.25, 0.3) is 5.57 Å². The van der Waals surface area contributed by atoms with Crippen LogP contribution in [0.15, 0.2) is 59.8 Å². The molecule has 0 atom stereocenters. The van der Waals surface area contributed by atoms with Gasteiger partial charge in [0.05, 0.1) is 8.07 Å². The van der Waals surface area contributed by atoms with E-state index in [4.69, 9.17) is 0 Å². The summed E-state index contributed by atoms with van der Waals surface area (Å²) >= 11 is 0. The fourth-order valence-electron chi connectivity index (χ4n) is 2.90. The van der Waals surface area contributed by atoms with E-state index in [1.807, 2.05) is 36.4 Å². The number of hydrogen-bond acceptors (Lipinski definition) is 1. The lowest BCUT2D eigenvalue weighted by Crippen LogP contribution is -2.28. The van der Waals surface area contributed by atoms with Crippen molar-refractivity contribution in [2.45, 2.75) is 19.6 Å². The van der Waals surface area contributed by atoms with Crippen molar-refractivity contribution in [3.8, 4) is 0 Å². The summed E-state index contributed by atoms with van der Waals surface area (Å²) in [6.45, 7) is 6.74. The van der Waals surface area contributed by atoms with Gasteiger partial charge in [-0.1, -0.05) is 74.2 Å². The third kappa shape index (κ3) is 1.97. The molecule has 1 nitrogen and oxygen atoms in total. The Bertz CT molecular complexity index is 706. The normalized spacial score (nSPS) is 14.7. The fourth-order valence-corrected chi connectivity index (χ4v) is 4.75. The molecule has 0 spiro atoms. The van der Waals surface area contributed by atoms with Crippen LogP contribution in [0.2, 0.25) is 19.6 Å². The highest BCUT2D eigenvalue weighted by molar-refractivity contribution is 6.89. The Balaban J connectivity index is 2.34. The van der Waals surface area contributed by atoms with Crippen LogP contribution in [-0.2, 0) is 0 Å². The fraction of sp³-hybridized carbons (Fsp3) is 0.167. The summed E-state index contributed by atoms with van der Waals surface area (Å²) in [7, 11) is -1.70. The molecule has 1 aliphatic carbocycles. The predicted molar refractivity (Wildman–Crippen MR) is 86.6 cm³/mol. The first-order valence-corrected chi connectivity index (χ1v) is 10.4. The lowest BCUT2D eigenvalue weighted by molar-refractivity contribution is 0.104. The van der Waals surface area contributed by atoms with Gasteiger partial charge in [-0.25, -0.2) is 0 Å². The maximum absolute atomic E-state index is 12.8. The van der Waals surface area contributed by atoms with Gasteiger partial charge in [-0.15, -0.1) is 0 Å². The summed E-state index contributed by atoms with van der Waals surface area (Å²) in [5.41, 5.74) is 4.28. The first-order valence-electron chi connectivity index (χ1n) is 6.94. The summed E-state index contributed by atoms with van der Waals surface area (Å²) in [6, 6.07) is 18.3. The molecule has 3 rings (SSSR count). The van der Waals surface area contributed by atoms with Gasteiger partial charge < -0.3 is 0 Å². The first-order chi connectivity index (χ1) is 9.50. The topological polar surface area (TPSA) is 17.1 Å². The summed E-state index contributed by atoms with van der Waals surface area (Å²) in [5, 5.41) is 1.06. The highest BCUT2D eigenvalue weighted by Crippen LogP contribution is 2.40. The van der Waals surface area contributed by atoms with E-state index in [2.05, 4.69) is 37.8 Å². The van der Waals surface area contributed by atoms with Crippen molar-refractivity contribution < 1.29 is 4.79 Å². The summed E-state index contributed by atoms with van der Waals surface area (Å²) in [6.07, 6.45) is 0. The van der Waals surface area contributed by atoms with E-state index < -0.39 is 8.07 Å². The quantitative estimate of drug-likeness (QED) is 0.736. The smallest absolute Gasteiger partial charge is 0.186 e. The summed E-state index contributed by atoms with van der Waals surface area (Å²) < 4.78 is 0. The SMILES string of the molecule is C[Si](C)(C)C1=C(c2ccccc2)c2ccccc2C1=O. The number of rotatable bonds is 2. The van der Waals surface area contributed by atoms with Gasteiger partial charge in [0, 0.05) is 5.56 Å². The molecule has 100 valence electrons. The molecule has 0 radical (unpaired) electrons. The van der Waals surface area contributed by atoms with Crippen molar-refractivity contribution in [2.75, 3.05) is 0 Å². The Morgan fingerprint density at radius 1 is 0.750 bits per heavy atom. The summed E-state index contributed by atoms with van der Waals surface area (Å²) in [5.74, 6) is 0.235. The number of ketones is 1. The average molecular weight is 278 g/mol. The van der Waals surface area contributed by atoms with Crippen LogP contribution in [0.3, 0.4) is 0 Å². The molecule has 0 unspecified atom stereocenters. The summed E-state index contributed by atoms with van der Waals surface area (Å²) in [4.78, 5) is 12.8. The Labute approximate surface area is 121 Å². The Morgan fingerprint density at radius 2 is 1.30 bits per heavy atom. The average Bonchev–Trinajstić information content (AvgIpc) is 2.74. The molecular formula is C18H18OSi. The largest absolute Gasteiger partial charge is 0.289 e. The van der Waals surface area contributed by atoms with Gasteiger partial charge >= 0.3 is 0 Å². The number of hydrogen-bond donors (Lipinski definition) is 0. The van der Waals surface area contributed by atoms with E-state index >= 15 is 0 Å². The van der Waals surface area contributed by atoms with E-state index in [0.29, 0.717) is 0 Å². The Hall–Kier alpha value is -1.93. The van der Waals surface area contributed by atoms with Crippen molar-refractivity contribution >= 4 is 19.4 Å². The van der Waals surface area contributed by atoms with Crippen LogP contribution >= 0.6 is 0 Å². The second-order valence-electron chi connectivity index (χ2n) is 6.24. The van der Waals surface area contributed by atoms with Crippen molar-refractivity contribution in [1.82, 2.24) is 0 Å². The van der Waals surface area contributed by atoms with Crippen molar-refractivity contribution in [3.63, 3.8) is 0 Å². The minimum atomic E-state index is -1.70. The van der Waals surface area contributed by atoms with Gasteiger partial charge in [-0.3, -0.25) is 4.79 Å². The van der Waals surface area contributed by atoms with Crippen LogP contribution in [-0.4, -0.2) is 13.9 Å². The van der Waals surface area contributed by atoms with E-state index in [0.717, 1.165) is 27.5 Å². The molecule has 0 fully saturated rings. The molecule has 0 aliphatic heterocycles. The van der Waals surface area contributed by atoms with Gasteiger partial charge in [-0.2, -0.15) is 0 Å². The monoisotopic (exact) mass is 278 g/mol. The number of carbonyl (C=O) groups excluding carboxylic acids is 1. The number of fused-ring (bicyclic) bond motifs is 1. The first kappa shape index (κ1) is 13.1. The Morgan fingerprint density at radius 3 is 1.90 bits per heavy atom. The highest BCUT2D eigenvalue weighted by atomic mass is 28.3. The lowest BCUT2D eigenvalue weighted by atomic mass is 9.99. The third-order valence-electron chi connectivity index (χ3n) is 3.73.